The van der Waals surface area contributed by atoms with Crippen molar-refractivity contribution in [1.29, 1.82) is 0 Å². The van der Waals surface area contributed by atoms with E-state index in [2.05, 4.69) is 20.2 Å². The van der Waals surface area contributed by atoms with E-state index in [9.17, 15) is 8.42 Å². The molecule has 2 aliphatic rings. The van der Waals surface area contributed by atoms with Gasteiger partial charge in [-0.2, -0.15) is 4.98 Å². The fraction of sp³-hybridized carbons (Fsp3) is 0.692. The highest BCUT2D eigenvalue weighted by Crippen LogP contribution is 2.26. The lowest BCUT2D eigenvalue weighted by Crippen LogP contribution is -2.57. The van der Waals surface area contributed by atoms with Gasteiger partial charge in [-0.05, 0) is 6.07 Å². The minimum atomic E-state index is -3.00. The van der Waals surface area contributed by atoms with Crippen molar-refractivity contribution in [2.45, 2.75) is 12.1 Å². The van der Waals surface area contributed by atoms with Crippen LogP contribution < -0.4 is 15.1 Å². The predicted octanol–water partition coefficient (Wildman–Crippen LogP) is -1.52. The fourth-order valence-electron chi connectivity index (χ4n) is 3.08. The number of hydrogen-bond donors (Lipinski definition) is 2. The Bertz CT molecular complexity index is 638. The summed E-state index contributed by atoms with van der Waals surface area (Å²) < 4.78 is 23.8. The van der Waals surface area contributed by atoms with Gasteiger partial charge in [-0.15, -0.1) is 0 Å². The number of hydrogen-bond acceptors (Lipinski definition) is 8. The Morgan fingerprint density at radius 1 is 1.50 bits per heavy atom. The number of nitrogens with zero attached hydrogens (tertiary/aromatic N) is 4. The standard InChI is InChI=1S/C13H21N5O3S/c1-17(6-7-19)13-15-3-2-12(16-13)18-5-4-14-10-8-22(20,21)9-11(10)18/h2-3,10-11,14,19H,4-9H2,1H3/t10-,11+/m1/s1. The van der Waals surface area contributed by atoms with E-state index in [1.165, 1.54) is 0 Å². The zero-order chi connectivity index (χ0) is 15.7. The molecule has 1 aromatic rings. The van der Waals surface area contributed by atoms with Gasteiger partial charge in [-0.1, -0.05) is 0 Å². The SMILES string of the molecule is CN(CCO)c1nccc(N2CCN[C@@H]3CS(=O)(=O)C[C@@H]32)n1. The van der Waals surface area contributed by atoms with E-state index in [4.69, 9.17) is 5.11 Å². The number of piperazine rings is 1. The fourth-order valence-corrected chi connectivity index (χ4v) is 5.04. The second-order valence-electron chi connectivity index (χ2n) is 5.76. The Hall–Kier alpha value is -1.45. The van der Waals surface area contributed by atoms with Crippen molar-refractivity contribution in [3.05, 3.63) is 12.3 Å². The summed E-state index contributed by atoms with van der Waals surface area (Å²) in [6.45, 7) is 1.94. The summed E-state index contributed by atoms with van der Waals surface area (Å²) in [7, 11) is -1.18. The third-order valence-corrected chi connectivity index (χ3v) is 5.90. The van der Waals surface area contributed by atoms with Gasteiger partial charge in [0.05, 0.1) is 24.2 Å². The molecule has 0 amide bonds. The monoisotopic (exact) mass is 327 g/mol. The maximum atomic E-state index is 11.9. The molecule has 22 heavy (non-hydrogen) atoms. The van der Waals surface area contributed by atoms with Crippen LogP contribution in [0.5, 0.6) is 0 Å². The molecule has 0 saturated carbocycles. The van der Waals surface area contributed by atoms with Gasteiger partial charge in [0, 0.05) is 38.9 Å². The number of anilines is 2. The molecule has 122 valence electrons. The lowest BCUT2D eigenvalue weighted by atomic mass is 10.1. The lowest BCUT2D eigenvalue weighted by Gasteiger charge is -2.38. The molecule has 2 aliphatic heterocycles. The van der Waals surface area contributed by atoms with Gasteiger partial charge in [0.25, 0.3) is 0 Å². The summed E-state index contributed by atoms with van der Waals surface area (Å²) in [5.41, 5.74) is 0. The summed E-state index contributed by atoms with van der Waals surface area (Å²) in [4.78, 5) is 12.6. The molecular weight excluding hydrogens is 306 g/mol. The van der Waals surface area contributed by atoms with Crippen LogP contribution in [0.4, 0.5) is 11.8 Å². The molecule has 2 fully saturated rings. The number of fused-ring (bicyclic) bond motifs is 1. The normalized spacial score (nSPS) is 26.7. The second kappa shape index (κ2) is 5.98. The van der Waals surface area contributed by atoms with Gasteiger partial charge in [-0.25, -0.2) is 13.4 Å². The first-order valence-electron chi connectivity index (χ1n) is 7.36. The van der Waals surface area contributed by atoms with Crippen molar-refractivity contribution in [2.75, 3.05) is 54.6 Å². The molecule has 3 rings (SSSR count). The van der Waals surface area contributed by atoms with Crippen molar-refractivity contribution in [3.8, 4) is 0 Å². The number of nitrogens with one attached hydrogen (secondary N) is 1. The van der Waals surface area contributed by atoms with Gasteiger partial charge >= 0.3 is 0 Å². The van der Waals surface area contributed by atoms with Crippen LogP contribution in [0.25, 0.3) is 0 Å². The maximum absolute atomic E-state index is 11.9. The van der Waals surface area contributed by atoms with E-state index in [-0.39, 0.29) is 30.2 Å². The quantitative estimate of drug-likeness (QED) is 0.688. The van der Waals surface area contributed by atoms with Gasteiger partial charge < -0.3 is 20.2 Å². The largest absolute Gasteiger partial charge is 0.395 e. The molecule has 1 aromatic heterocycles. The van der Waals surface area contributed by atoms with Crippen molar-refractivity contribution in [1.82, 2.24) is 15.3 Å². The van der Waals surface area contributed by atoms with Crippen LogP contribution in [0.3, 0.4) is 0 Å². The summed E-state index contributed by atoms with van der Waals surface area (Å²) >= 11 is 0. The number of rotatable bonds is 4. The first-order valence-corrected chi connectivity index (χ1v) is 9.18. The van der Waals surface area contributed by atoms with E-state index < -0.39 is 9.84 Å². The molecule has 0 unspecified atom stereocenters. The average molecular weight is 327 g/mol. The Labute approximate surface area is 130 Å². The summed E-state index contributed by atoms with van der Waals surface area (Å²) in [6, 6.07) is 1.70. The maximum Gasteiger partial charge on any atom is 0.227 e. The molecule has 3 heterocycles. The molecule has 9 heteroatoms. The molecule has 2 saturated heterocycles. The van der Waals surface area contributed by atoms with Crippen LogP contribution in [-0.2, 0) is 9.84 Å². The molecule has 0 bridgehead atoms. The highest BCUT2D eigenvalue weighted by atomic mass is 32.2. The smallest absolute Gasteiger partial charge is 0.227 e. The van der Waals surface area contributed by atoms with E-state index >= 15 is 0 Å². The van der Waals surface area contributed by atoms with Crippen LogP contribution >= 0.6 is 0 Å². The van der Waals surface area contributed by atoms with E-state index in [1.54, 1.807) is 11.1 Å². The van der Waals surface area contributed by atoms with Crippen molar-refractivity contribution in [3.63, 3.8) is 0 Å². The van der Waals surface area contributed by atoms with Crippen LogP contribution in [0, 0.1) is 0 Å². The van der Waals surface area contributed by atoms with Gasteiger partial charge in [0.15, 0.2) is 9.84 Å². The topological polar surface area (TPSA) is 98.7 Å². The zero-order valence-corrected chi connectivity index (χ0v) is 13.3. The van der Waals surface area contributed by atoms with E-state index in [0.717, 1.165) is 18.9 Å². The van der Waals surface area contributed by atoms with Crippen LogP contribution in [0.1, 0.15) is 0 Å². The summed E-state index contributed by atoms with van der Waals surface area (Å²) in [6.07, 6.45) is 1.67. The molecule has 0 spiro atoms. The zero-order valence-electron chi connectivity index (χ0n) is 12.5. The molecule has 2 atom stereocenters. The van der Waals surface area contributed by atoms with Crippen LogP contribution in [-0.4, -0.2) is 80.4 Å². The Morgan fingerprint density at radius 3 is 3.09 bits per heavy atom. The molecule has 8 nitrogen and oxygen atoms in total. The first-order chi connectivity index (χ1) is 10.5. The van der Waals surface area contributed by atoms with E-state index in [1.807, 2.05) is 13.1 Å². The Balaban J connectivity index is 1.85. The molecule has 2 N–H and O–H groups in total. The van der Waals surface area contributed by atoms with Gasteiger partial charge in [-0.3, -0.25) is 0 Å². The van der Waals surface area contributed by atoms with E-state index in [0.29, 0.717) is 12.5 Å². The number of sulfone groups is 1. The summed E-state index contributed by atoms with van der Waals surface area (Å²) in [5.74, 6) is 1.62. The number of aromatic nitrogens is 2. The average Bonchev–Trinajstić information content (AvgIpc) is 2.81. The molecule has 0 radical (unpaired) electrons. The minimum absolute atomic E-state index is 0.0284. The molecule has 0 aromatic carbocycles. The van der Waals surface area contributed by atoms with Crippen LogP contribution in [0.15, 0.2) is 12.3 Å². The highest BCUT2D eigenvalue weighted by molar-refractivity contribution is 7.91. The third kappa shape index (κ3) is 3.01. The lowest BCUT2D eigenvalue weighted by molar-refractivity contribution is 0.303. The Kier molecular flexibility index (Phi) is 4.20. The predicted molar refractivity (Wildman–Crippen MR) is 84.0 cm³/mol. The van der Waals surface area contributed by atoms with Crippen molar-refractivity contribution in [2.24, 2.45) is 0 Å². The third-order valence-electron chi connectivity index (χ3n) is 4.18. The second-order valence-corrected chi connectivity index (χ2v) is 7.91. The number of aliphatic hydroxyl groups is 1. The van der Waals surface area contributed by atoms with Crippen LogP contribution in [0.2, 0.25) is 0 Å². The molecule has 0 aliphatic carbocycles. The minimum Gasteiger partial charge on any atom is -0.395 e. The summed E-state index contributed by atoms with van der Waals surface area (Å²) in [5, 5.41) is 12.3. The van der Waals surface area contributed by atoms with Gasteiger partial charge in [0.2, 0.25) is 5.95 Å². The van der Waals surface area contributed by atoms with Crippen molar-refractivity contribution < 1.29 is 13.5 Å². The van der Waals surface area contributed by atoms with Crippen molar-refractivity contribution >= 4 is 21.6 Å². The Morgan fingerprint density at radius 2 is 2.32 bits per heavy atom. The first kappa shape index (κ1) is 15.4. The number of aliphatic hydroxyl groups excluding tert-OH is 1. The number of likely N-dealkylation sites (N-methyl/N-ethyl adjacent to an activating group) is 1. The molecular formula is C13H21N5O3S. The van der Waals surface area contributed by atoms with Gasteiger partial charge in [0.1, 0.15) is 5.82 Å². The highest BCUT2D eigenvalue weighted by Gasteiger charge is 2.43.